The maximum absolute atomic E-state index is 12.6. The summed E-state index contributed by atoms with van der Waals surface area (Å²) >= 11 is 0. The molecule has 11 nitrogen and oxygen atoms in total. The third-order valence-electron chi connectivity index (χ3n) is 5.93. The molecular weight excluding hydrogens is 566 g/mol. The van der Waals surface area contributed by atoms with Crippen molar-refractivity contribution < 1.29 is 43.4 Å². The highest BCUT2D eigenvalue weighted by Gasteiger charge is 2.12. The third kappa shape index (κ3) is 12.0. The van der Waals surface area contributed by atoms with Gasteiger partial charge in [0.25, 0.3) is 0 Å². The van der Waals surface area contributed by atoms with Crippen molar-refractivity contribution in [3.05, 3.63) is 122 Å². The first-order valence-corrected chi connectivity index (χ1v) is 13.9. The number of esters is 2. The Kier molecular flexibility index (Phi) is 14.0. The fourth-order valence-corrected chi connectivity index (χ4v) is 3.58. The molecule has 0 spiro atoms. The summed E-state index contributed by atoms with van der Waals surface area (Å²) in [6, 6.07) is 19.8. The van der Waals surface area contributed by atoms with Gasteiger partial charge in [-0.15, -0.1) is 0 Å². The first kappa shape index (κ1) is 33.4. The van der Waals surface area contributed by atoms with E-state index >= 15 is 0 Å². The van der Waals surface area contributed by atoms with E-state index in [1.165, 1.54) is 0 Å². The van der Waals surface area contributed by atoms with Gasteiger partial charge in [-0.25, -0.2) is 14.6 Å². The van der Waals surface area contributed by atoms with Gasteiger partial charge in [-0.1, -0.05) is 13.2 Å². The second-order valence-electron chi connectivity index (χ2n) is 9.23. The monoisotopic (exact) mass is 604 g/mol. The summed E-state index contributed by atoms with van der Waals surface area (Å²) < 4.78 is 27.3. The van der Waals surface area contributed by atoms with Gasteiger partial charge < -0.3 is 34.1 Å². The lowest BCUT2D eigenvalue weighted by atomic mass is 10.2. The Hall–Kier alpha value is -5.10. The van der Waals surface area contributed by atoms with E-state index in [2.05, 4.69) is 18.5 Å². The topological polar surface area (TPSA) is 143 Å². The number of carbonyl (C=O) groups excluding carboxylic acids is 2. The van der Waals surface area contributed by atoms with Crippen molar-refractivity contribution in [2.45, 2.75) is 19.1 Å². The molecule has 2 unspecified atom stereocenters. The lowest BCUT2D eigenvalue weighted by Gasteiger charge is -2.15. The van der Waals surface area contributed by atoms with Gasteiger partial charge >= 0.3 is 11.9 Å². The number of rotatable bonds is 19. The van der Waals surface area contributed by atoms with Crippen LogP contribution in [0.2, 0.25) is 0 Å². The molecule has 0 bridgehead atoms. The number of unbranched alkanes of at least 4 members (excludes halogenated alkanes) is 1. The largest absolute Gasteiger partial charge is 0.494 e. The van der Waals surface area contributed by atoms with Gasteiger partial charge in [0.1, 0.15) is 42.3 Å². The van der Waals surface area contributed by atoms with E-state index in [0.717, 1.165) is 6.08 Å². The molecule has 3 rings (SSSR count). The smallest absolute Gasteiger partial charge is 0.343 e. The fraction of sp³-hybridized carbons (Fsp3) is 0.212. The lowest BCUT2D eigenvalue weighted by molar-refractivity contribution is -0.860. The molecule has 0 aliphatic carbocycles. The minimum atomic E-state index is -1.21. The Morgan fingerprint density at radius 1 is 0.841 bits per heavy atom. The number of carbonyl (C=O) groups is 2. The van der Waals surface area contributed by atoms with Gasteiger partial charge in [0.05, 0.1) is 25.0 Å². The molecule has 11 heteroatoms. The zero-order valence-electron chi connectivity index (χ0n) is 24.4. The van der Waals surface area contributed by atoms with Crippen LogP contribution in [0, 0.1) is 0 Å². The minimum Gasteiger partial charge on any atom is -0.494 e. The zero-order valence-corrected chi connectivity index (χ0v) is 24.4. The predicted octanol–water partition coefficient (Wildman–Crippen LogP) is 3.21. The molecular formula is C33H38N3O8+. The average Bonchev–Trinajstić information content (AvgIpc) is 3.04. The molecule has 0 fully saturated rings. The summed E-state index contributed by atoms with van der Waals surface area (Å²) in [5.41, 5.74) is 0.898. The number of hydrogen-bond acceptors (Lipinski definition) is 10. The number of benzene rings is 3. The SMILES string of the molecule is C=CNC=C[NH+](N)CCOc1ccc(C(O)Oc2ccc(OC(=O)c3ccc(OCCCCOC(=O)C=C)cc3)cc2)cc1. The van der Waals surface area contributed by atoms with Crippen molar-refractivity contribution in [1.82, 2.24) is 5.32 Å². The van der Waals surface area contributed by atoms with Gasteiger partial charge in [0.2, 0.25) is 6.29 Å². The van der Waals surface area contributed by atoms with Crippen LogP contribution in [0.15, 0.2) is 111 Å². The number of quaternary nitrogens is 1. The Morgan fingerprint density at radius 2 is 1.43 bits per heavy atom. The number of nitrogens with two attached hydrogens (primary N) is 1. The quantitative estimate of drug-likeness (QED) is 0.0306. The van der Waals surface area contributed by atoms with E-state index in [1.807, 2.05) is 0 Å². The van der Waals surface area contributed by atoms with E-state index < -0.39 is 18.2 Å². The summed E-state index contributed by atoms with van der Waals surface area (Å²) in [5.74, 6) is 6.88. The van der Waals surface area contributed by atoms with Crippen molar-refractivity contribution in [1.29, 1.82) is 0 Å². The molecule has 5 N–H and O–H groups in total. The standard InChI is InChI=1S/C33H37N3O8/c1-3-31(37)42-23-6-5-22-40-27-11-7-25(8-12-27)32(38)43-29-15-17-30(18-16-29)44-33(39)26-9-13-28(14-10-26)41-24-21-36(34)20-19-35-4-2/h3-4,7-20,33,35,39H,1-2,5-6,21-24,34H2/p+1. The van der Waals surface area contributed by atoms with E-state index in [9.17, 15) is 14.7 Å². The summed E-state index contributed by atoms with van der Waals surface area (Å²) in [6.45, 7) is 8.60. The minimum absolute atomic E-state index is 0.307. The van der Waals surface area contributed by atoms with Gasteiger partial charge in [0.15, 0.2) is 0 Å². The second-order valence-corrected chi connectivity index (χ2v) is 9.23. The van der Waals surface area contributed by atoms with Gasteiger partial charge in [-0.2, -0.15) is 5.84 Å². The van der Waals surface area contributed by atoms with Crippen LogP contribution in [-0.2, 0) is 9.53 Å². The first-order valence-electron chi connectivity index (χ1n) is 13.9. The highest BCUT2D eigenvalue weighted by molar-refractivity contribution is 5.91. The van der Waals surface area contributed by atoms with Crippen LogP contribution >= 0.6 is 0 Å². The summed E-state index contributed by atoms with van der Waals surface area (Å²) in [7, 11) is 0. The van der Waals surface area contributed by atoms with E-state index in [0.29, 0.717) is 78.3 Å². The lowest BCUT2D eigenvalue weighted by Crippen LogP contribution is -3.14. The molecule has 0 aliphatic heterocycles. The van der Waals surface area contributed by atoms with E-state index in [1.54, 1.807) is 91.4 Å². The van der Waals surface area contributed by atoms with Crippen LogP contribution in [0.25, 0.3) is 0 Å². The predicted molar refractivity (Wildman–Crippen MR) is 164 cm³/mol. The van der Waals surface area contributed by atoms with Crippen molar-refractivity contribution in [2.75, 3.05) is 26.4 Å². The number of aliphatic hydroxyl groups excluding tert-OH is 1. The fourth-order valence-electron chi connectivity index (χ4n) is 3.58. The van der Waals surface area contributed by atoms with Crippen molar-refractivity contribution in [2.24, 2.45) is 5.84 Å². The zero-order chi connectivity index (χ0) is 31.6. The van der Waals surface area contributed by atoms with Crippen molar-refractivity contribution >= 4 is 11.9 Å². The maximum Gasteiger partial charge on any atom is 0.343 e. The van der Waals surface area contributed by atoms with Gasteiger partial charge in [-0.05, 0) is 91.8 Å². The molecule has 0 aliphatic rings. The third-order valence-corrected chi connectivity index (χ3v) is 5.93. The van der Waals surface area contributed by atoms with Crippen molar-refractivity contribution in [3.63, 3.8) is 0 Å². The number of aliphatic hydroxyl groups is 1. The molecule has 0 saturated heterocycles. The van der Waals surface area contributed by atoms with Gasteiger partial charge in [0, 0.05) is 11.6 Å². The Balaban J connectivity index is 1.39. The highest BCUT2D eigenvalue weighted by atomic mass is 16.6. The molecule has 0 amide bonds. The molecule has 44 heavy (non-hydrogen) atoms. The molecule has 232 valence electrons. The Morgan fingerprint density at radius 3 is 2.09 bits per heavy atom. The first-order chi connectivity index (χ1) is 21.4. The van der Waals surface area contributed by atoms with Crippen LogP contribution in [0.1, 0.15) is 35.1 Å². The Labute approximate surface area is 256 Å². The Bertz CT molecular complexity index is 1360. The van der Waals surface area contributed by atoms with Crippen LogP contribution in [0.3, 0.4) is 0 Å². The van der Waals surface area contributed by atoms with Crippen molar-refractivity contribution in [3.8, 4) is 23.0 Å². The summed E-state index contributed by atoms with van der Waals surface area (Å²) in [4.78, 5) is 23.6. The van der Waals surface area contributed by atoms with Crippen LogP contribution < -0.4 is 35.1 Å². The maximum atomic E-state index is 12.6. The number of nitrogens with one attached hydrogen (secondary N) is 2. The molecule has 0 aromatic heterocycles. The second kappa shape index (κ2) is 18.4. The molecule has 3 aromatic rings. The molecule has 0 radical (unpaired) electrons. The van der Waals surface area contributed by atoms with Crippen LogP contribution in [-0.4, -0.2) is 43.4 Å². The summed E-state index contributed by atoms with van der Waals surface area (Å²) in [6.07, 6.45) is 6.27. The number of hydrogen-bond donors (Lipinski definition) is 4. The van der Waals surface area contributed by atoms with E-state index in [-0.39, 0.29) is 0 Å². The van der Waals surface area contributed by atoms with E-state index in [4.69, 9.17) is 29.5 Å². The summed E-state index contributed by atoms with van der Waals surface area (Å²) in [5, 5.41) is 14.0. The molecule has 0 saturated carbocycles. The normalized spacial score (nSPS) is 12.0. The molecule has 0 heterocycles. The highest BCUT2D eigenvalue weighted by Crippen LogP contribution is 2.25. The average molecular weight is 605 g/mol. The van der Waals surface area contributed by atoms with Gasteiger partial charge in [-0.3, -0.25) is 0 Å². The molecule has 2 atom stereocenters. The molecule has 3 aromatic carbocycles. The van der Waals surface area contributed by atoms with Crippen LogP contribution in [0.5, 0.6) is 23.0 Å². The number of ether oxygens (including phenoxy) is 5. The van der Waals surface area contributed by atoms with Crippen LogP contribution in [0.4, 0.5) is 0 Å².